The Kier molecular flexibility index (Phi) is 6.57. The van der Waals surface area contributed by atoms with Gasteiger partial charge in [0.05, 0.1) is 18.8 Å². The van der Waals surface area contributed by atoms with E-state index in [-0.39, 0.29) is 5.91 Å². The number of carbonyl (C=O) groups is 1. The van der Waals surface area contributed by atoms with Crippen molar-refractivity contribution >= 4 is 22.9 Å². The van der Waals surface area contributed by atoms with E-state index in [4.69, 9.17) is 4.98 Å². The lowest BCUT2D eigenvalue weighted by molar-refractivity contribution is -0.117. The molecule has 1 aromatic heterocycles. The molecule has 3 aromatic rings. The monoisotopic (exact) mass is 420 g/mol. The molecule has 0 unspecified atom stereocenters. The lowest BCUT2D eigenvalue weighted by Gasteiger charge is -2.33. The third-order valence-electron chi connectivity index (χ3n) is 5.69. The number of aryl methyl sites for hydroxylation is 1. The molecule has 1 saturated heterocycles. The first kappa shape index (κ1) is 20.7. The predicted molar refractivity (Wildman–Crippen MR) is 124 cm³/mol. The normalized spacial score (nSPS) is 15.3. The number of hydrogen-bond donors (Lipinski definition) is 1. The average Bonchev–Trinajstić information content (AvgIpc) is 3.22. The third kappa shape index (κ3) is 5.14. The highest BCUT2D eigenvalue weighted by atomic mass is 32.1. The lowest BCUT2D eigenvalue weighted by atomic mass is 10.1. The molecule has 156 valence electrons. The number of hydrogen-bond acceptors (Lipinski definition) is 5. The molecule has 1 fully saturated rings. The summed E-state index contributed by atoms with van der Waals surface area (Å²) in [4.78, 5) is 21.9. The maximum atomic E-state index is 12.5. The predicted octanol–water partition coefficient (Wildman–Crippen LogP) is 4.18. The van der Waals surface area contributed by atoms with Gasteiger partial charge in [-0.1, -0.05) is 42.5 Å². The molecule has 0 aliphatic carbocycles. The maximum absolute atomic E-state index is 12.5. The van der Waals surface area contributed by atoms with Crippen molar-refractivity contribution in [1.82, 2.24) is 14.8 Å². The molecular weight excluding hydrogens is 392 g/mol. The van der Waals surface area contributed by atoms with Crippen LogP contribution in [0.1, 0.15) is 16.1 Å². The van der Waals surface area contributed by atoms with Crippen LogP contribution in [-0.2, 0) is 11.3 Å². The summed E-state index contributed by atoms with van der Waals surface area (Å²) in [5.74, 6) is 0.0598. The number of thiazole rings is 1. The summed E-state index contributed by atoms with van der Waals surface area (Å²) in [6.07, 6.45) is 0. The average molecular weight is 421 g/mol. The summed E-state index contributed by atoms with van der Waals surface area (Å²) in [5.41, 5.74) is 5.46. The van der Waals surface area contributed by atoms with Crippen LogP contribution >= 0.6 is 11.3 Å². The Morgan fingerprint density at radius 3 is 2.50 bits per heavy atom. The molecule has 2 aromatic carbocycles. The van der Waals surface area contributed by atoms with Crippen molar-refractivity contribution in [2.24, 2.45) is 0 Å². The van der Waals surface area contributed by atoms with E-state index in [9.17, 15) is 4.79 Å². The molecule has 5 nitrogen and oxygen atoms in total. The first-order valence-electron chi connectivity index (χ1n) is 10.4. The van der Waals surface area contributed by atoms with Gasteiger partial charge in [0.1, 0.15) is 5.01 Å². The zero-order valence-electron chi connectivity index (χ0n) is 17.6. The Morgan fingerprint density at radius 2 is 1.73 bits per heavy atom. The molecule has 1 N–H and O–H groups in total. The summed E-state index contributed by atoms with van der Waals surface area (Å²) in [5, 5.41) is 6.35. The van der Waals surface area contributed by atoms with E-state index in [1.165, 1.54) is 11.1 Å². The summed E-state index contributed by atoms with van der Waals surface area (Å²) >= 11 is 1.72. The van der Waals surface area contributed by atoms with Gasteiger partial charge in [0.25, 0.3) is 0 Å². The van der Waals surface area contributed by atoms with E-state index >= 15 is 0 Å². The third-order valence-corrected chi connectivity index (χ3v) is 6.52. The SMILES string of the molecule is Cc1cccc(NC(=O)CN2CCN(Cc3nc(-c4ccccc4)cs3)CC2)c1C. The van der Waals surface area contributed by atoms with Gasteiger partial charge in [0.15, 0.2) is 0 Å². The van der Waals surface area contributed by atoms with Crippen LogP contribution in [0.5, 0.6) is 0 Å². The highest BCUT2D eigenvalue weighted by molar-refractivity contribution is 7.09. The van der Waals surface area contributed by atoms with Crippen LogP contribution in [0.3, 0.4) is 0 Å². The van der Waals surface area contributed by atoms with Gasteiger partial charge in [0, 0.05) is 42.8 Å². The van der Waals surface area contributed by atoms with E-state index in [0.29, 0.717) is 6.54 Å². The van der Waals surface area contributed by atoms with Gasteiger partial charge in [-0.05, 0) is 31.0 Å². The zero-order chi connectivity index (χ0) is 20.9. The molecular formula is C24H28N4OS. The van der Waals surface area contributed by atoms with Crippen molar-refractivity contribution in [2.75, 3.05) is 38.0 Å². The second kappa shape index (κ2) is 9.51. The first-order valence-corrected chi connectivity index (χ1v) is 11.3. The van der Waals surface area contributed by atoms with Gasteiger partial charge in [-0.3, -0.25) is 14.6 Å². The van der Waals surface area contributed by atoms with Crippen molar-refractivity contribution in [3.8, 4) is 11.3 Å². The number of nitrogens with one attached hydrogen (secondary N) is 1. The Labute approximate surface area is 182 Å². The van der Waals surface area contributed by atoms with E-state index < -0.39 is 0 Å². The molecule has 0 radical (unpaired) electrons. The van der Waals surface area contributed by atoms with Crippen molar-refractivity contribution in [3.63, 3.8) is 0 Å². The highest BCUT2D eigenvalue weighted by Gasteiger charge is 2.20. The fraction of sp³-hybridized carbons (Fsp3) is 0.333. The van der Waals surface area contributed by atoms with Crippen molar-refractivity contribution < 1.29 is 4.79 Å². The molecule has 0 spiro atoms. The van der Waals surface area contributed by atoms with Crippen molar-refractivity contribution in [2.45, 2.75) is 20.4 Å². The van der Waals surface area contributed by atoms with Crippen molar-refractivity contribution in [1.29, 1.82) is 0 Å². The van der Waals surface area contributed by atoms with Crippen LogP contribution in [0.25, 0.3) is 11.3 Å². The highest BCUT2D eigenvalue weighted by Crippen LogP contribution is 2.23. The minimum Gasteiger partial charge on any atom is -0.325 e. The van der Waals surface area contributed by atoms with Crippen LogP contribution in [0, 0.1) is 13.8 Å². The fourth-order valence-corrected chi connectivity index (χ4v) is 4.55. The summed E-state index contributed by atoms with van der Waals surface area (Å²) in [6.45, 7) is 9.14. The van der Waals surface area contributed by atoms with E-state index in [1.807, 2.05) is 37.3 Å². The summed E-state index contributed by atoms with van der Waals surface area (Å²) in [6, 6.07) is 16.3. The van der Waals surface area contributed by atoms with E-state index in [0.717, 1.165) is 54.7 Å². The zero-order valence-corrected chi connectivity index (χ0v) is 18.4. The standard InChI is InChI=1S/C24H28N4OS/c1-18-7-6-10-21(19(18)2)25-23(29)15-27-11-13-28(14-12-27)16-24-26-22(17-30-24)20-8-4-3-5-9-20/h3-10,17H,11-16H2,1-2H3,(H,25,29). The van der Waals surface area contributed by atoms with E-state index in [1.54, 1.807) is 11.3 Å². The minimum atomic E-state index is 0.0598. The molecule has 6 heteroatoms. The second-order valence-corrected chi connectivity index (χ2v) is 8.78. The minimum absolute atomic E-state index is 0.0598. The van der Waals surface area contributed by atoms with Gasteiger partial charge in [-0.15, -0.1) is 11.3 Å². The molecule has 1 aliphatic rings. The van der Waals surface area contributed by atoms with Crippen molar-refractivity contribution in [3.05, 3.63) is 70.0 Å². The number of nitrogens with zero attached hydrogens (tertiary/aromatic N) is 3. The first-order chi connectivity index (χ1) is 14.6. The number of amides is 1. The summed E-state index contributed by atoms with van der Waals surface area (Å²) < 4.78 is 0. The van der Waals surface area contributed by atoms with Gasteiger partial charge < -0.3 is 5.32 Å². The number of benzene rings is 2. The largest absolute Gasteiger partial charge is 0.325 e. The Bertz CT molecular complexity index is 993. The van der Waals surface area contributed by atoms with Gasteiger partial charge in [0.2, 0.25) is 5.91 Å². The molecule has 4 rings (SSSR count). The van der Waals surface area contributed by atoms with Gasteiger partial charge >= 0.3 is 0 Å². The topological polar surface area (TPSA) is 48.5 Å². The molecule has 1 amide bonds. The second-order valence-electron chi connectivity index (χ2n) is 7.84. The Hall–Kier alpha value is -2.54. The van der Waals surface area contributed by atoms with E-state index in [2.05, 4.69) is 45.6 Å². The molecule has 0 saturated carbocycles. The maximum Gasteiger partial charge on any atom is 0.238 e. The van der Waals surface area contributed by atoms with Gasteiger partial charge in [-0.2, -0.15) is 0 Å². The number of anilines is 1. The quantitative estimate of drug-likeness (QED) is 0.650. The molecule has 0 bridgehead atoms. The number of piperazine rings is 1. The fourth-order valence-electron chi connectivity index (χ4n) is 3.70. The lowest BCUT2D eigenvalue weighted by Crippen LogP contribution is -2.48. The molecule has 2 heterocycles. The molecule has 0 atom stereocenters. The molecule has 30 heavy (non-hydrogen) atoms. The Balaban J connectivity index is 1.25. The van der Waals surface area contributed by atoms with Gasteiger partial charge in [-0.25, -0.2) is 4.98 Å². The van der Waals surface area contributed by atoms with Crippen LogP contribution in [-0.4, -0.2) is 53.4 Å². The number of aromatic nitrogens is 1. The van der Waals surface area contributed by atoms with Crippen LogP contribution in [0.2, 0.25) is 0 Å². The van der Waals surface area contributed by atoms with Crippen LogP contribution in [0.15, 0.2) is 53.9 Å². The number of rotatable bonds is 6. The van der Waals surface area contributed by atoms with Crippen LogP contribution < -0.4 is 5.32 Å². The summed E-state index contributed by atoms with van der Waals surface area (Å²) in [7, 11) is 0. The molecule has 1 aliphatic heterocycles. The smallest absolute Gasteiger partial charge is 0.238 e. The Morgan fingerprint density at radius 1 is 1.00 bits per heavy atom. The van der Waals surface area contributed by atoms with Crippen LogP contribution in [0.4, 0.5) is 5.69 Å². The number of carbonyl (C=O) groups excluding carboxylic acids is 1.